The highest BCUT2D eigenvalue weighted by Crippen LogP contribution is 2.29. The smallest absolute Gasteiger partial charge is 0.273 e. The Morgan fingerprint density at radius 1 is 1.06 bits per heavy atom. The van der Waals surface area contributed by atoms with Crippen molar-refractivity contribution in [3.05, 3.63) is 98.9 Å². The first-order valence-electron chi connectivity index (χ1n) is 10.7. The molecule has 0 fully saturated rings. The van der Waals surface area contributed by atoms with Crippen LogP contribution in [0.4, 0.5) is 13.2 Å². The van der Waals surface area contributed by atoms with Gasteiger partial charge in [-0.25, -0.2) is 10.4 Å². The van der Waals surface area contributed by atoms with Crippen molar-refractivity contribution in [2.45, 2.75) is 33.4 Å². The van der Waals surface area contributed by atoms with Crippen LogP contribution < -0.4 is 11.0 Å². The van der Waals surface area contributed by atoms with Gasteiger partial charge in [0, 0.05) is 17.0 Å². The number of nitrogens with zero attached hydrogens (tertiary/aromatic N) is 4. The molecule has 2 aromatic carbocycles. The summed E-state index contributed by atoms with van der Waals surface area (Å²) in [6.45, 7) is 5.38. The third-order valence-corrected chi connectivity index (χ3v) is 5.56. The normalized spacial score (nSPS) is 11.9. The molecule has 0 radical (unpaired) electrons. The van der Waals surface area contributed by atoms with E-state index in [4.69, 9.17) is 0 Å². The van der Waals surface area contributed by atoms with Gasteiger partial charge in [-0.1, -0.05) is 30.3 Å². The number of halogens is 3. The number of aromatic nitrogens is 3. The molecule has 10 heteroatoms. The van der Waals surface area contributed by atoms with Crippen LogP contribution in [0.5, 0.6) is 0 Å². The quantitative estimate of drug-likeness (QED) is 0.344. The SMILES string of the molecule is Cc1cc(C=NNC(=O)Cc2cccc(C(F)(F)F)c2)c(C)n1-n1c(C)nc2ccccc2c1=O. The lowest BCUT2D eigenvalue weighted by atomic mass is 10.1. The first kappa shape index (κ1) is 23.9. The van der Waals surface area contributed by atoms with Crippen LogP contribution >= 0.6 is 0 Å². The molecule has 0 spiro atoms. The van der Waals surface area contributed by atoms with Crippen LogP contribution in [-0.2, 0) is 17.4 Å². The Morgan fingerprint density at radius 2 is 1.80 bits per heavy atom. The van der Waals surface area contributed by atoms with E-state index in [-0.39, 0.29) is 17.5 Å². The number of hydrogen-bond acceptors (Lipinski definition) is 4. The number of carbonyl (C=O) groups is 1. The van der Waals surface area contributed by atoms with E-state index in [9.17, 15) is 22.8 Å². The minimum atomic E-state index is -4.48. The predicted molar refractivity (Wildman–Crippen MR) is 126 cm³/mol. The van der Waals surface area contributed by atoms with E-state index in [1.807, 2.05) is 13.0 Å². The monoisotopic (exact) mass is 481 g/mol. The first-order chi connectivity index (χ1) is 16.6. The molecule has 0 saturated heterocycles. The summed E-state index contributed by atoms with van der Waals surface area (Å²) >= 11 is 0. The van der Waals surface area contributed by atoms with E-state index in [0.29, 0.717) is 28.0 Å². The van der Waals surface area contributed by atoms with Crippen LogP contribution in [0.15, 0.2) is 64.5 Å². The molecule has 2 heterocycles. The van der Waals surface area contributed by atoms with Crippen molar-refractivity contribution in [2.75, 3.05) is 0 Å². The molecule has 180 valence electrons. The average Bonchev–Trinajstić information content (AvgIpc) is 3.07. The van der Waals surface area contributed by atoms with Gasteiger partial charge in [0.1, 0.15) is 5.82 Å². The van der Waals surface area contributed by atoms with Crippen LogP contribution in [0.25, 0.3) is 10.9 Å². The zero-order chi connectivity index (χ0) is 25.3. The average molecular weight is 481 g/mol. The molecule has 0 bridgehead atoms. The lowest BCUT2D eigenvalue weighted by molar-refractivity contribution is -0.137. The van der Waals surface area contributed by atoms with E-state index < -0.39 is 17.6 Å². The van der Waals surface area contributed by atoms with Gasteiger partial charge in [0.25, 0.3) is 5.56 Å². The van der Waals surface area contributed by atoms with E-state index in [1.54, 1.807) is 42.8 Å². The van der Waals surface area contributed by atoms with Gasteiger partial charge in [-0.15, -0.1) is 0 Å². The van der Waals surface area contributed by atoms with Crippen molar-refractivity contribution in [1.29, 1.82) is 0 Å². The number of fused-ring (bicyclic) bond motifs is 1. The minimum Gasteiger partial charge on any atom is -0.273 e. The summed E-state index contributed by atoms with van der Waals surface area (Å²) in [6, 6.07) is 13.5. The summed E-state index contributed by atoms with van der Waals surface area (Å²) in [5.41, 5.74) is 4.25. The van der Waals surface area contributed by atoms with Gasteiger partial charge in [0.05, 0.1) is 29.1 Å². The highest BCUT2D eigenvalue weighted by Gasteiger charge is 2.30. The molecule has 7 nitrogen and oxygen atoms in total. The molecular formula is C25H22F3N5O2. The highest BCUT2D eigenvalue weighted by molar-refractivity contribution is 5.84. The standard InChI is InChI=1S/C25H22F3N5O2/c1-15-11-19(14-29-31-23(34)13-18-7-6-8-20(12-18)25(26,27)28)16(2)32(15)33-17(3)30-22-10-5-4-9-21(22)24(33)35/h4-12,14H,13H2,1-3H3,(H,31,34). The third-order valence-electron chi connectivity index (χ3n) is 5.56. The first-order valence-corrected chi connectivity index (χ1v) is 10.7. The number of carbonyl (C=O) groups excluding carboxylic acids is 1. The number of hydrazone groups is 1. The zero-order valence-corrected chi connectivity index (χ0v) is 19.2. The fourth-order valence-corrected chi connectivity index (χ4v) is 3.94. The van der Waals surface area contributed by atoms with Gasteiger partial charge in [-0.05, 0) is 50.6 Å². The Kier molecular flexibility index (Phi) is 6.29. The molecule has 1 N–H and O–H groups in total. The van der Waals surface area contributed by atoms with Crippen LogP contribution in [0.3, 0.4) is 0 Å². The Balaban J connectivity index is 1.55. The van der Waals surface area contributed by atoms with Crippen LogP contribution in [-0.4, -0.2) is 26.5 Å². The maximum atomic E-state index is 13.2. The molecule has 4 aromatic rings. The number of alkyl halides is 3. The van der Waals surface area contributed by atoms with E-state index in [0.717, 1.165) is 17.8 Å². The highest BCUT2D eigenvalue weighted by atomic mass is 19.4. The third kappa shape index (κ3) is 4.86. The Labute approximate surface area is 198 Å². The molecular weight excluding hydrogens is 459 g/mol. The van der Waals surface area contributed by atoms with Crippen molar-refractivity contribution in [3.8, 4) is 0 Å². The number of aryl methyl sites for hydroxylation is 2. The molecule has 35 heavy (non-hydrogen) atoms. The lowest BCUT2D eigenvalue weighted by Crippen LogP contribution is -2.30. The van der Waals surface area contributed by atoms with Crippen molar-refractivity contribution in [2.24, 2.45) is 5.10 Å². The maximum absolute atomic E-state index is 13.2. The number of hydrogen-bond donors (Lipinski definition) is 1. The van der Waals surface area contributed by atoms with Crippen molar-refractivity contribution in [1.82, 2.24) is 19.8 Å². The second-order valence-corrected chi connectivity index (χ2v) is 8.10. The molecule has 4 rings (SSSR count). The van der Waals surface area contributed by atoms with Gasteiger partial charge >= 0.3 is 6.18 Å². The fraction of sp³-hybridized carbons (Fsp3) is 0.200. The minimum absolute atomic E-state index is 0.215. The maximum Gasteiger partial charge on any atom is 0.416 e. The lowest BCUT2D eigenvalue weighted by Gasteiger charge is -2.16. The summed E-state index contributed by atoms with van der Waals surface area (Å²) in [6.07, 6.45) is -3.30. The molecule has 0 aliphatic carbocycles. The fourth-order valence-electron chi connectivity index (χ4n) is 3.94. The summed E-state index contributed by atoms with van der Waals surface area (Å²) in [5.74, 6) is -0.0476. The molecule has 1 amide bonds. The summed E-state index contributed by atoms with van der Waals surface area (Å²) < 4.78 is 41.8. The Morgan fingerprint density at radius 3 is 2.54 bits per heavy atom. The van der Waals surface area contributed by atoms with Crippen LogP contribution in [0, 0.1) is 20.8 Å². The largest absolute Gasteiger partial charge is 0.416 e. The Bertz CT molecular complexity index is 1520. The molecule has 0 aliphatic heterocycles. The summed E-state index contributed by atoms with van der Waals surface area (Å²) in [5, 5.41) is 4.44. The van der Waals surface area contributed by atoms with Crippen LogP contribution in [0.2, 0.25) is 0 Å². The van der Waals surface area contributed by atoms with Crippen molar-refractivity contribution < 1.29 is 18.0 Å². The molecule has 0 aliphatic rings. The number of para-hydroxylation sites is 1. The van der Waals surface area contributed by atoms with E-state index >= 15 is 0 Å². The summed E-state index contributed by atoms with van der Waals surface area (Å²) in [7, 11) is 0. The summed E-state index contributed by atoms with van der Waals surface area (Å²) in [4.78, 5) is 29.9. The predicted octanol–water partition coefficient (Wildman–Crippen LogP) is 4.15. The van der Waals surface area contributed by atoms with Crippen molar-refractivity contribution in [3.63, 3.8) is 0 Å². The Hall–Kier alpha value is -4.21. The van der Waals surface area contributed by atoms with Gasteiger partial charge < -0.3 is 0 Å². The van der Waals surface area contributed by atoms with Gasteiger partial charge in [0.2, 0.25) is 5.91 Å². The zero-order valence-electron chi connectivity index (χ0n) is 19.2. The van der Waals surface area contributed by atoms with Crippen molar-refractivity contribution >= 4 is 23.0 Å². The number of benzene rings is 2. The van der Waals surface area contributed by atoms with Gasteiger partial charge in [-0.3, -0.25) is 14.3 Å². The second kappa shape index (κ2) is 9.21. The number of rotatable bonds is 5. The molecule has 0 atom stereocenters. The van der Waals surface area contributed by atoms with Crippen LogP contribution in [0.1, 0.15) is 33.9 Å². The molecule has 0 unspecified atom stereocenters. The molecule has 0 saturated carbocycles. The van der Waals surface area contributed by atoms with Gasteiger partial charge in [-0.2, -0.15) is 22.9 Å². The van der Waals surface area contributed by atoms with E-state index in [1.165, 1.54) is 23.0 Å². The van der Waals surface area contributed by atoms with Gasteiger partial charge in [0.15, 0.2) is 0 Å². The second-order valence-electron chi connectivity index (χ2n) is 8.10. The topological polar surface area (TPSA) is 81.3 Å². The number of amides is 1. The van der Waals surface area contributed by atoms with E-state index in [2.05, 4.69) is 15.5 Å². The molecule has 2 aromatic heterocycles. The number of nitrogens with one attached hydrogen (secondary N) is 1.